The first kappa shape index (κ1) is 11.5. The molecule has 1 heterocycles. The summed E-state index contributed by atoms with van der Waals surface area (Å²) in [5, 5.41) is 1.24. The number of rotatable bonds is 2. The monoisotopic (exact) mass is 241 g/mol. The molecular formula is C16H19NO. The minimum Gasteiger partial charge on any atom is -0.344 e. The van der Waals surface area contributed by atoms with Gasteiger partial charge in [0.25, 0.3) is 0 Å². The molecule has 0 aliphatic heterocycles. The van der Waals surface area contributed by atoms with Gasteiger partial charge in [0.2, 0.25) is 0 Å². The molecule has 18 heavy (non-hydrogen) atoms. The van der Waals surface area contributed by atoms with Crippen LogP contribution in [0.2, 0.25) is 0 Å². The largest absolute Gasteiger partial charge is 0.344 e. The van der Waals surface area contributed by atoms with Crippen LogP contribution < -0.4 is 0 Å². The molecule has 0 radical (unpaired) electrons. The zero-order valence-corrected chi connectivity index (χ0v) is 10.9. The Kier molecular flexibility index (Phi) is 2.94. The van der Waals surface area contributed by atoms with Crippen LogP contribution in [0.15, 0.2) is 30.5 Å². The van der Waals surface area contributed by atoms with Gasteiger partial charge in [-0.1, -0.05) is 31.4 Å². The van der Waals surface area contributed by atoms with Gasteiger partial charge in [0.05, 0.1) is 0 Å². The highest BCUT2D eigenvalue weighted by Crippen LogP contribution is 2.31. The third-order valence-corrected chi connectivity index (χ3v) is 4.10. The SMILES string of the molecule is CC(=O)c1ccc2ccn(C3CCCCC3)c2c1. The van der Waals surface area contributed by atoms with Gasteiger partial charge < -0.3 is 4.57 Å². The topological polar surface area (TPSA) is 22.0 Å². The first-order chi connectivity index (χ1) is 8.75. The van der Waals surface area contributed by atoms with E-state index in [9.17, 15) is 4.79 Å². The smallest absolute Gasteiger partial charge is 0.159 e. The van der Waals surface area contributed by atoms with E-state index in [-0.39, 0.29) is 5.78 Å². The first-order valence-electron chi connectivity index (χ1n) is 6.87. The van der Waals surface area contributed by atoms with Crippen molar-refractivity contribution in [3.05, 3.63) is 36.0 Å². The van der Waals surface area contributed by atoms with E-state index in [0.717, 1.165) is 5.56 Å². The van der Waals surface area contributed by atoms with Crippen LogP contribution >= 0.6 is 0 Å². The lowest BCUT2D eigenvalue weighted by Gasteiger charge is -2.24. The van der Waals surface area contributed by atoms with Crippen molar-refractivity contribution in [3.63, 3.8) is 0 Å². The Balaban J connectivity index is 2.05. The highest BCUT2D eigenvalue weighted by atomic mass is 16.1. The summed E-state index contributed by atoms with van der Waals surface area (Å²) in [7, 11) is 0. The molecule has 0 unspecified atom stereocenters. The van der Waals surface area contributed by atoms with Crippen LogP contribution in [-0.4, -0.2) is 10.4 Å². The Hall–Kier alpha value is -1.57. The minimum atomic E-state index is 0.147. The highest BCUT2D eigenvalue weighted by Gasteiger charge is 2.16. The number of carbonyl (C=O) groups is 1. The second-order valence-corrected chi connectivity index (χ2v) is 5.34. The zero-order valence-electron chi connectivity index (χ0n) is 10.9. The van der Waals surface area contributed by atoms with Gasteiger partial charge in [-0.3, -0.25) is 4.79 Å². The van der Waals surface area contributed by atoms with Gasteiger partial charge >= 0.3 is 0 Å². The van der Waals surface area contributed by atoms with Gasteiger partial charge in [-0.2, -0.15) is 0 Å². The molecule has 2 heteroatoms. The number of fused-ring (bicyclic) bond motifs is 1. The molecule has 1 aromatic heterocycles. The number of nitrogens with zero attached hydrogens (tertiary/aromatic N) is 1. The summed E-state index contributed by atoms with van der Waals surface area (Å²) in [4.78, 5) is 11.5. The Morgan fingerprint density at radius 3 is 2.67 bits per heavy atom. The van der Waals surface area contributed by atoms with Crippen LogP contribution in [0, 0.1) is 0 Å². The van der Waals surface area contributed by atoms with E-state index in [1.54, 1.807) is 6.92 Å². The molecule has 0 amide bonds. The average Bonchev–Trinajstić information content (AvgIpc) is 2.82. The summed E-state index contributed by atoms with van der Waals surface area (Å²) in [6, 6.07) is 8.82. The summed E-state index contributed by atoms with van der Waals surface area (Å²) >= 11 is 0. The minimum absolute atomic E-state index is 0.147. The van der Waals surface area contributed by atoms with Crippen LogP contribution in [0.5, 0.6) is 0 Å². The second kappa shape index (κ2) is 4.60. The van der Waals surface area contributed by atoms with E-state index in [1.165, 1.54) is 43.0 Å². The maximum Gasteiger partial charge on any atom is 0.159 e. The van der Waals surface area contributed by atoms with Gasteiger partial charge in [-0.25, -0.2) is 0 Å². The number of carbonyl (C=O) groups excluding carboxylic acids is 1. The normalized spacial score (nSPS) is 17.2. The maximum absolute atomic E-state index is 11.5. The predicted octanol–water partition coefficient (Wildman–Crippen LogP) is 4.35. The van der Waals surface area contributed by atoms with Crippen LogP contribution in [0.1, 0.15) is 55.4 Å². The number of hydrogen-bond donors (Lipinski definition) is 0. The van der Waals surface area contributed by atoms with Gasteiger partial charge in [0, 0.05) is 23.3 Å². The van der Waals surface area contributed by atoms with Crippen molar-refractivity contribution >= 4 is 16.7 Å². The molecule has 2 aromatic rings. The summed E-state index contributed by atoms with van der Waals surface area (Å²) in [6.07, 6.45) is 8.76. The molecule has 94 valence electrons. The van der Waals surface area contributed by atoms with Crippen LogP contribution in [-0.2, 0) is 0 Å². The van der Waals surface area contributed by atoms with E-state index in [0.29, 0.717) is 6.04 Å². The molecule has 0 saturated heterocycles. The summed E-state index contributed by atoms with van der Waals surface area (Å²) in [5.74, 6) is 0.147. The van der Waals surface area contributed by atoms with Crippen molar-refractivity contribution in [2.24, 2.45) is 0 Å². The highest BCUT2D eigenvalue weighted by molar-refractivity contribution is 5.97. The van der Waals surface area contributed by atoms with Crippen molar-refractivity contribution < 1.29 is 4.79 Å². The van der Waals surface area contributed by atoms with Crippen molar-refractivity contribution in [1.82, 2.24) is 4.57 Å². The molecule has 1 aliphatic carbocycles. The van der Waals surface area contributed by atoms with Gasteiger partial charge in [0.1, 0.15) is 0 Å². The number of aromatic nitrogens is 1. The molecular weight excluding hydrogens is 222 g/mol. The third-order valence-electron chi connectivity index (χ3n) is 4.10. The Morgan fingerprint density at radius 2 is 1.94 bits per heavy atom. The first-order valence-corrected chi connectivity index (χ1v) is 6.87. The molecule has 1 aliphatic rings. The number of Topliss-reactive ketones (excluding diaryl/α,β-unsaturated/α-hetero) is 1. The van der Waals surface area contributed by atoms with Crippen molar-refractivity contribution in [1.29, 1.82) is 0 Å². The van der Waals surface area contributed by atoms with E-state index >= 15 is 0 Å². The summed E-state index contributed by atoms with van der Waals surface area (Å²) in [6.45, 7) is 1.63. The molecule has 1 fully saturated rings. The molecule has 3 rings (SSSR count). The van der Waals surface area contributed by atoms with Gasteiger partial charge in [-0.05, 0) is 37.3 Å². The quantitative estimate of drug-likeness (QED) is 0.716. The fourth-order valence-electron chi connectivity index (χ4n) is 3.05. The molecule has 0 bridgehead atoms. The summed E-state index contributed by atoms with van der Waals surface area (Å²) < 4.78 is 2.38. The average molecular weight is 241 g/mol. The van der Waals surface area contributed by atoms with Crippen LogP contribution in [0.3, 0.4) is 0 Å². The Labute approximate surface area is 108 Å². The van der Waals surface area contributed by atoms with Gasteiger partial charge in [0.15, 0.2) is 5.78 Å². The number of ketones is 1. The van der Waals surface area contributed by atoms with Gasteiger partial charge in [-0.15, -0.1) is 0 Å². The van der Waals surface area contributed by atoms with Crippen molar-refractivity contribution in [2.45, 2.75) is 45.1 Å². The van der Waals surface area contributed by atoms with Crippen molar-refractivity contribution in [3.8, 4) is 0 Å². The summed E-state index contributed by atoms with van der Waals surface area (Å²) in [5.41, 5.74) is 2.04. The molecule has 1 aromatic carbocycles. The molecule has 0 atom stereocenters. The Bertz CT molecular complexity index is 576. The standard InChI is InChI=1S/C16H19NO/c1-12(18)14-8-7-13-9-10-17(16(13)11-14)15-5-3-2-4-6-15/h7-11,15H,2-6H2,1H3. The molecule has 2 nitrogen and oxygen atoms in total. The lowest BCUT2D eigenvalue weighted by molar-refractivity contribution is 0.101. The number of benzene rings is 1. The fourth-order valence-corrected chi connectivity index (χ4v) is 3.05. The van der Waals surface area contributed by atoms with E-state index in [1.807, 2.05) is 12.1 Å². The van der Waals surface area contributed by atoms with E-state index < -0.39 is 0 Å². The predicted molar refractivity (Wildman–Crippen MR) is 74.1 cm³/mol. The lowest BCUT2D eigenvalue weighted by Crippen LogP contribution is -2.11. The maximum atomic E-state index is 11.5. The number of hydrogen-bond acceptors (Lipinski definition) is 1. The lowest BCUT2D eigenvalue weighted by atomic mass is 9.95. The molecule has 1 saturated carbocycles. The van der Waals surface area contributed by atoms with Crippen molar-refractivity contribution in [2.75, 3.05) is 0 Å². The zero-order chi connectivity index (χ0) is 12.5. The van der Waals surface area contributed by atoms with Crippen LogP contribution in [0.4, 0.5) is 0 Å². The molecule has 0 N–H and O–H groups in total. The van der Waals surface area contributed by atoms with E-state index in [2.05, 4.69) is 22.9 Å². The second-order valence-electron chi connectivity index (χ2n) is 5.34. The third kappa shape index (κ3) is 1.96. The Morgan fingerprint density at radius 1 is 1.17 bits per heavy atom. The van der Waals surface area contributed by atoms with E-state index in [4.69, 9.17) is 0 Å². The molecule has 0 spiro atoms. The fraction of sp³-hybridized carbons (Fsp3) is 0.438. The van der Waals surface area contributed by atoms with Crippen LogP contribution in [0.25, 0.3) is 10.9 Å².